The predicted molar refractivity (Wildman–Crippen MR) is 85.8 cm³/mol. The first-order valence-electron chi connectivity index (χ1n) is 7.12. The van der Waals surface area contributed by atoms with Gasteiger partial charge in [-0.25, -0.2) is 0 Å². The Balaban J connectivity index is 2.51. The fraction of sp³-hybridized carbons (Fsp3) is 0.625. The summed E-state index contributed by atoms with van der Waals surface area (Å²) in [5.74, 6) is 2.79. The Hall–Kier alpha value is -0.510. The van der Waals surface area contributed by atoms with Crippen LogP contribution >= 0.6 is 11.8 Å². The van der Waals surface area contributed by atoms with Crippen LogP contribution in [0, 0.1) is 5.92 Å². The second-order valence-corrected chi connectivity index (χ2v) is 6.48. The number of aliphatic hydroxyl groups excluding tert-OH is 1. The third kappa shape index (κ3) is 6.46. The zero-order chi connectivity index (χ0) is 14.1. The number of rotatable bonds is 9. The summed E-state index contributed by atoms with van der Waals surface area (Å²) in [6.45, 7) is 4.80. The highest BCUT2D eigenvalue weighted by atomic mass is 32.2. The fourth-order valence-electron chi connectivity index (χ4n) is 2.07. The van der Waals surface area contributed by atoms with Crippen LogP contribution in [0.15, 0.2) is 24.3 Å². The summed E-state index contributed by atoms with van der Waals surface area (Å²) in [5.41, 5.74) is 2.77. The minimum atomic E-state index is 0.293. The predicted octanol–water partition coefficient (Wildman–Crippen LogP) is 3.26. The molecule has 0 radical (unpaired) electrons. The summed E-state index contributed by atoms with van der Waals surface area (Å²) in [6.07, 6.45) is 2.03. The molecule has 0 aliphatic carbocycles. The summed E-state index contributed by atoms with van der Waals surface area (Å²) < 4.78 is 0. The molecule has 1 aromatic rings. The number of thioether (sulfide) groups is 1. The number of hydrogen-bond donors (Lipinski definition) is 2. The van der Waals surface area contributed by atoms with Crippen molar-refractivity contribution in [3.05, 3.63) is 35.4 Å². The standard InChI is InChI=1S/C16H27NOS/c1-13(2)11-14-5-7-15(8-6-14)16(17-3)12-19-10-4-9-18/h5-8,13,16-18H,4,9-12H2,1-3H3. The zero-order valence-electron chi connectivity index (χ0n) is 12.4. The van der Waals surface area contributed by atoms with Crippen LogP contribution in [0.1, 0.15) is 37.4 Å². The van der Waals surface area contributed by atoms with Crippen LogP contribution in [0.3, 0.4) is 0 Å². The maximum absolute atomic E-state index is 8.78. The van der Waals surface area contributed by atoms with Gasteiger partial charge in [0.1, 0.15) is 0 Å². The van der Waals surface area contributed by atoms with Gasteiger partial charge in [-0.3, -0.25) is 0 Å². The highest BCUT2D eigenvalue weighted by Gasteiger charge is 2.09. The highest BCUT2D eigenvalue weighted by molar-refractivity contribution is 7.99. The van der Waals surface area contributed by atoms with Crippen LogP contribution in [0.25, 0.3) is 0 Å². The molecule has 1 aromatic carbocycles. The number of aliphatic hydroxyl groups is 1. The van der Waals surface area contributed by atoms with Gasteiger partial charge in [-0.05, 0) is 42.7 Å². The van der Waals surface area contributed by atoms with Gasteiger partial charge in [-0.15, -0.1) is 0 Å². The monoisotopic (exact) mass is 281 g/mol. The molecule has 0 aliphatic heterocycles. The summed E-state index contributed by atoms with van der Waals surface area (Å²) in [5, 5.41) is 12.2. The molecule has 0 bridgehead atoms. The van der Waals surface area contributed by atoms with Gasteiger partial charge < -0.3 is 10.4 Å². The molecule has 0 spiro atoms. The van der Waals surface area contributed by atoms with Crippen LogP contribution < -0.4 is 5.32 Å². The number of nitrogens with one attached hydrogen (secondary N) is 1. The molecule has 1 unspecified atom stereocenters. The van der Waals surface area contributed by atoms with Gasteiger partial charge in [0.15, 0.2) is 0 Å². The van der Waals surface area contributed by atoms with E-state index in [0.717, 1.165) is 24.3 Å². The highest BCUT2D eigenvalue weighted by Crippen LogP contribution is 2.20. The van der Waals surface area contributed by atoms with Crippen molar-refractivity contribution >= 4 is 11.8 Å². The average Bonchev–Trinajstić information content (AvgIpc) is 2.40. The normalized spacial score (nSPS) is 12.9. The molecule has 0 heterocycles. The van der Waals surface area contributed by atoms with Crippen molar-refractivity contribution in [2.75, 3.05) is 25.2 Å². The van der Waals surface area contributed by atoms with Gasteiger partial charge in [-0.1, -0.05) is 38.1 Å². The minimum absolute atomic E-state index is 0.293. The molecule has 0 saturated carbocycles. The van der Waals surface area contributed by atoms with Crippen LogP contribution in [-0.2, 0) is 6.42 Å². The van der Waals surface area contributed by atoms with Crippen LogP contribution in [0.5, 0.6) is 0 Å². The van der Waals surface area contributed by atoms with Gasteiger partial charge in [0.25, 0.3) is 0 Å². The quantitative estimate of drug-likeness (QED) is 0.681. The first-order valence-corrected chi connectivity index (χ1v) is 8.27. The van der Waals surface area contributed by atoms with E-state index in [1.807, 2.05) is 18.8 Å². The first-order chi connectivity index (χ1) is 9.17. The third-order valence-corrected chi connectivity index (χ3v) is 4.25. The number of benzene rings is 1. The molecule has 0 aliphatic rings. The van der Waals surface area contributed by atoms with E-state index in [2.05, 4.69) is 43.4 Å². The lowest BCUT2D eigenvalue weighted by Gasteiger charge is -2.17. The maximum atomic E-state index is 8.78. The molecule has 0 aromatic heterocycles. The second-order valence-electron chi connectivity index (χ2n) is 5.33. The third-order valence-electron chi connectivity index (χ3n) is 3.11. The van der Waals surface area contributed by atoms with Crippen molar-refractivity contribution in [2.45, 2.75) is 32.7 Å². The Morgan fingerprint density at radius 1 is 1.21 bits per heavy atom. The van der Waals surface area contributed by atoms with Crippen molar-refractivity contribution < 1.29 is 5.11 Å². The Bertz CT molecular complexity index is 337. The van der Waals surface area contributed by atoms with Crippen molar-refractivity contribution in [3.63, 3.8) is 0 Å². The van der Waals surface area contributed by atoms with Crippen molar-refractivity contribution in [1.29, 1.82) is 0 Å². The largest absolute Gasteiger partial charge is 0.396 e. The number of hydrogen-bond acceptors (Lipinski definition) is 3. The van der Waals surface area contributed by atoms with Crippen LogP contribution in [0.2, 0.25) is 0 Å². The Labute approximate surface area is 122 Å². The summed E-state index contributed by atoms with van der Waals surface area (Å²) in [7, 11) is 2.01. The van der Waals surface area contributed by atoms with E-state index in [0.29, 0.717) is 18.6 Å². The van der Waals surface area contributed by atoms with Gasteiger partial charge in [0.05, 0.1) is 0 Å². The molecule has 1 atom stereocenters. The SMILES string of the molecule is CNC(CSCCCO)c1ccc(CC(C)C)cc1. The van der Waals surface area contributed by atoms with Crippen LogP contribution in [-0.4, -0.2) is 30.3 Å². The van der Waals surface area contributed by atoms with Gasteiger partial charge in [-0.2, -0.15) is 11.8 Å². The lowest BCUT2D eigenvalue weighted by atomic mass is 10.00. The summed E-state index contributed by atoms with van der Waals surface area (Å²) >= 11 is 1.90. The molecule has 0 saturated heterocycles. The van der Waals surface area contributed by atoms with E-state index in [-0.39, 0.29) is 0 Å². The van der Waals surface area contributed by atoms with Crippen molar-refractivity contribution in [1.82, 2.24) is 5.32 Å². The van der Waals surface area contributed by atoms with E-state index in [1.54, 1.807) is 0 Å². The maximum Gasteiger partial charge on any atom is 0.0438 e. The lowest BCUT2D eigenvalue weighted by Crippen LogP contribution is -2.19. The molecule has 0 amide bonds. The summed E-state index contributed by atoms with van der Waals surface area (Å²) in [4.78, 5) is 0. The van der Waals surface area contributed by atoms with E-state index in [1.165, 1.54) is 11.1 Å². The smallest absolute Gasteiger partial charge is 0.0438 e. The van der Waals surface area contributed by atoms with Gasteiger partial charge in [0, 0.05) is 18.4 Å². The van der Waals surface area contributed by atoms with Crippen molar-refractivity contribution in [3.8, 4) is 0 Å². The fourth-order valence-corrected chi connectivity index (χ4v) is 3.17. The molecular formula is C16H27NOS. The van der Waals surface area contributed by atoms with Crippen LogP contribution in [0.4, 0.5) is 0 Å². The Morgan fingerprint density at radius 3 is 2.42 bits per heavy atom. The second kappa shape index (κ2) is 9.40. The average molecular weight is 281 g/mol. The topological polar surface area (TPSA) is 32.3 Å². The van der Waals surface area contributed by atoms with Gasteiger partial charge in [0.2, 0.25) is 0 Å². The van der Waals surface area contributed by atoms with Crippen molar-refractivity contribution in [2.24, 2.45) is 5.92 Å². The molecule has 2 nitrogen and oxygen atoms in total. The molecule has 19 heavy (non-hydrogen) atoms. The summed E-state index contributed by atoms with van der Waals surface area (Å²) in [6, 6.07) is 9.38. The van der Waals surface area contributed by atoms with Gasteiger partial charge >= 0.3 is 0 Å². The molecule has 108 valence electrons. The molecule has 0 fully saturated rings. The molecule has 3 heteroatoms. The van der Waals surface area contributed by atoms with E-state index < -0.39 is 0 Å². The Kier molecular flexibility index (Phi) is 8.19. The molecule has 2 N–H and O–H groups in total. The van der Waals surface area contributed by atoms with E-state index in [9.17, 15) is 0 Å². The molecule has 1 rings (SSSR count). The zero-order valence-corrected chi connectivity index (χ0v) is 13.2. The van der Waals surface area contributed by atoms with E-state index >= 15 is 0 Å². The first kappa shape index (κ1) is 16.5. The van der Waals surface area contributed by atoms with E-state index in [4.69, 9.17) is 5.11 Å². The lowest BCUT2D eigenvalue weighted by molar-refractivity contribution is 0.296. The molecular weight excluding hydrogens is 254 g/mol. The minimum Gasteiger partial charge on any atom is -0.396 e. The Morgan fingerprint density at radius 2 is 1.89 bits per heavy atom.